The predicted octanol–water partition coefficient (Wildman–Crippen LogP) is 3.14. The summed E-state index contributed by atoms with van der Waals surface area (Å²) in [5.74, 6) is 0.361. The quantitative estimate of drug-likeness (QED) is 0.587. The fraction of sp³-hybridized carbons (Fsp3) is 0.231. The van der Waals surface area contributed by atoms with Gasteiger partial charge in [0.25, 0.3) is 5.91 Å². The molecule has 106 valence electrons. The number of hydrogen-bond donors (Lipinski definition) is 0. The van der Waals surface area contributed by atoms with Crippen molar-refractivity contribution in [2.45, 2.75) is 0 Å². The summed E-state index contributed by atoms with van der Waals surface area (Å²) in [6.07, 6.45) is 1.72. The van der Waals surface area contributed by atoms with Crippen molar-refractivity contribution < 1.29 is 9.53 Å². The van der Waals surface area contributed by atoms with Gasteiger partial charge >= 0.3 is 0 Å². The number of likely N-dealkylation sites (N-methyl/N-ethyl adjacent to an activating group) is 2. The first-order chi connectivity index (χ1) is 9.36. The van der Waals surface area contributed by atoms with Crippen LogP contribution in [-0.4, -0.2) is 42.0 Å². The van der Waals surface area contributed by atoms with Crippen LogP contribution in [0.15, 0.2) is 22.3 Å². The lowest BCUT2D eigenvalue weighted by Gasteiger charge is -2.12. The van der Waals surface area contributed by atoms with Crippen LogP contribution in [0, 0.1) is 0 Å². The second kappa shape index (κ2) is 5.71. The minimum atomic E-state index is -0.157. The Morgan fingerprint density at radius 1 is 1.35 bits per heavy atom. The molecule has 0 saturated carbocycles. The van der Waals surface area contributed by atoms with Crippen molar-refractivity contribution in [1.29, 1.82) is 0 Å². The van der Waals surface area contributed by atoms with Crippen molar-refractivity contribution in [3.8, 4) is 5.75 Å². The van der Waals surface area contributed by atoms with Crippen LogP contribution in [0.4, 0.5) is 0 Å². The van der Waals surface area contributed by atoms with Crippen molar-refractivity contribution in [3.05, 3.63) is 32.9 Å². The van der Waals surface area contributed by atoms with Gasteiger partial charge in [-0.3, -0.25) is 9.69 Å². The molecule has 1 aliphatic rings. The van der Waals surface area contributed by atoms with E-state index < -0.39 is 0 Å². The van der Waals surface area contributed by atoms with E-state index >= 15 is 0 Å². The third kappa shape index (κ3) is 2.55. The molecule has 0 aromatic heterocycles. The second-order valence-corrected chi connectivity index (χ2v) is 5.93. The van der Waals surface area contributed by atoms with Crippen molar-refractivity contribution in [2.24, 2.45) is 0 Å². The third-order valence-electron chi connectivity index (χ3n) is 2.99. The Labute approximate surface area is 136 Å². The van der Waals surface area contributed by atoms with E-state index in [-0.39, 0.29) is 5.91 Å². The van der Waals surface area contributed by atoms with Crippen molar-refractivity contribution >= 4 is 56.8 Å². The molecule has 0 atom stereocenters. The summed E-state index contributed by atoms with van der Waals surface area (Å²) in [5.41, 5.74) is 1.19. The van der Waals surface area contributed by atoms with E-state index in [0.29, 0.717) is 27.1 Å². The highest BCUT2D eigenvalue weighted by molar-refractivity contribution is 9.10. The summed E-state index contributed by atoms with van der Waals surface area (Å²) in [7, 11) is 4.93. The second-order valence-electron chi connectivity index (χ2n) is 4.25. The van der Waals surface area contributed by atoms with Gasteiger partial charge in [0.05, 0.1) is 12.1 Å². The van der Waals surface area contributed by atoms with E-state index in [1.54, 1.807) is 31.1 Å². The van der Waals surface area contributed by atoms with Gasteiger partial charge in [-0.15, -0.1) is 0 Å². The number of amides is 1. The van der Waals surface area contributed by atoms with Gasteiger partial charge in [0.2, 0.25) is 0 Å². The average molecular weight is 376 g/mol. The number of rotatable bonds is 2. The maximum absolute atomic E-state index is 12.1. The monoisotopic (exact) mass is 374 g/mol. The molecule has 0 N–H and O–H groups in total. The molecule has 20 heavy (non-hydrogen) atoms. The SMILES string of the molecule is COc1c(Cl)cc(Br)cc1/C=C1\C(=O)N(C)C(=S)N1C. The van der Waals surface area contributed by atoms with Crippen LogP contribution >= 0.6 is 39.7 Å². The van der Waals surface area contributed by atoms with Gasteiger partial charge in [-0.1, -0.05) is 27.5 Å². The van der Waals surface area contributed by atoms with Crippen LogP contribution in [-0.2, 0) is 4.79 Å². The number of halogens is 2. The summed E-state index contributed by atoms with van der Waals surface area (Å²) in [5, 5.41) is 0.930. The van der Waals surface area contributed by atoms with Crippen LogP contribution < -0.4 is 4.74 Å². The summed E-state index contributed by atoms with van der Waals surface area (Å²) in [6.45, 7) is 0. The lowest BCUT2D eigenvalue weighted by atomic mass is 10.1. The van der Waals surface area contributed by atoms with Crippen molar-refractivity contribution in [1.82, 2.24) is 9.80 Å². The number of hydrogen-bond acceptors (Lipinski definition) is 3. The molecule has 0 bridgehead atoms. The molecule has 1 aliphatic heterocycles. The summed E-state index contributed by atoms with van der Waals surface area (Å²) < 4.78 is 6.10. The number of carbonyl (C=O) groups is 1. The number of methoxy groups -OCH3 is 1. The molecule has 1 amide bonds. The Balaban J connectivity index is 2.56. The normalized spacial score (nSPS) is 17.4. The fourth-order valence-corrected chi connectivity index (χ4v) is 3.03. The zero-order valence-corrected chi connectivity index (χ0v) is 14.3. The number of ether oxygens (including phenoxy) is 1. The van der Waals surface area contributed by atoms with Gasteiger partial charge in [-0.25, -0.2) is 0 Å². The third-order valence-corrected chi connectivity index (χ3v) is 4.28. The van der Waals surface area contributed by atoms with E-state index in [9.17, 15) is 4.79 Å². The lowest BCUT2D eigenvalue weighted by molar-refractivity contribution is -0.121. The van der Waals surface area contributed by atoms with E-state index in [1.807, 2.05) is 6.07 Å². The van der Waals surface area contributed by atoms with Gasteiger partial charge in [-0.05, 0) is 30.4 Å². The number of benzene rings is 1. The first-order valence-electron chi connectivity index (χ1n) is 5.67. The molecule has 1 aromatic rings. The molecular weight excluding hydrogens is 364 g/mol. The molecule has 7 heteroatoms. The first-order valence-corrected chi connectivity index (χ1v) is 7.25. The van der Waals surface area contributed by atoms with Crippen LogP contribution in [0.5, 0.6) is 5.75 Å². The Morgan fingerprint density at radius 3 is 2.50 bits per heavy atom. The first kappa shape index (κ1) is 15.3. The molecule has 1 saturated heterocycles. The van der Waals surface area contributed by atoms with Crippen LogP contribution in [0.3, 0.4) is 0 Å². The van der Waals surface area contributed by atoms with Gasteiger partial charge in [0.1, 0.15) is 11.4 Å². The summed E-state index contributed by atoms with van der Waals surface area (Å²) in [6, 6.07) is 3.57. The van der Waals surface area contributed by atoms with E-state index in [4.69, 9.17) is 28.6 Å². The summed E-state index contributed by atoms with van der Waals surface area (Å²) >= 11 is 14.7. The predicted molar refractivity (Wildman–Crippen MR) is 86.8 cm³/mol. The maximum atomic E-state index is 12.1. The summed E-state index contributed by atoms with van der Waals surface area (Å²) in [4.78, 5) is 15.2. The number of nitrogens with zero attached hydrogens (tertiary/aromatic N) is 2. The fourth-order valence-electron chi connectivity index (χ4n) is 1.94. The smallest absolute Gasteiger partial charge is 0.276 e. The Morgan fingerprint density at radius 2 is 2.00 bits per heavy atom. The average Bonchev–Trinajstić information content (AvgIpc) is 2.56. The van der Waals surface area contributed by atoms with E-state index in [0.717, 1.165) is 4.47 Å². The van der Waals surface area contributed by atoms with Gasteiger partial charge < -0.3 is 9.64 Å². The molecule has 0 aliphatic carbocycles. The van der Waals surface area contributed by atoms with Crippen LogP contribution in [0.25, 0.3) is 6.08 Å². The Hall–Kier alpha value is -1.11. The highest BCUT2D eigenvalue weighted by atomic mass is 79.9. The zero-order valence-electron chi connectivity index (χ0n) is 11.1. The standard InChI is InChI=1S/C13H12BrClN2O2S/c1-16-10(12(18)17(2)13(16)20)5-7-4-8(14)6-9(15)11(7)19-3/h4-6H,1-3H3/b10-5+. The number of thiocarbonyl (C=S) groups is 1. The Bertz CT molecular complexity index is 633. The van der Waals surface area contributed by atoms with Crippen LogP contribution in [0.1, 0.15) is 5.56 Å². The largest absolute Gasteiger partial charge is 0.495 e. The number of carbonyl (C=O) groups excluding carboxylic acids is 1. The molecule has 1 aromatic carbocycles. The van der Waals surface area contributed by atoms with Gasteiger partial charge in [-0.2, -0.15) is 0 Å². The minimum Gasteiger partial charge on any atom is -0.495 e. The molecule has 0 unspecified atom stereocenters. The van der Waals surface area contributed by atoms with E-state index in [1.165, 1.54) is 12.0 Å². The topological polar surface area (TPSA) is 32.8 Å². The Kier molecular flexibility index (Phi) is 4.36. The zero-order chi connectivity index (χ0) is 15.0. The molecule has 0 spiro atoms. The molecule has 1 heterocycles. The lowest BCUT2D eigenvalue weighted by Crippen LogP contribution is -2.26. The van der Waals surface area contributed by atoms with Gasteiger partial charge in [0.15, 0.2) is 5.11 Å². The van der Waals surface area contributed by atoms with Crippen molar-refractivity contribution in [2.75, 3.05) is 21.2 Å². The highest BCUT2D eigenvalue weighted by Crippen LogP contribution is 2.34. The van der Waals surface area contributed by atoms with Crippen molar-refractivity contribution in [3.63, 3.8) is 0 Å². The minimum absolute atomic E-state index is 0.157. The van der Waals surface area contributed by atoms with Gasteiger partial charge in [0, 0.05) is 24.1 Å². The maximum Gasteiger partial charge on any atom is 0.276 e. The highest BCUT2D eigenvalue weighted by Gasteiger charge is 2.33. The molecule has 4 nitrogen and oxygen atoms in total. The molecule has 1 fully saturated rings. The molecular formula is C13H12BrClN2O2S. The molecule has 0 radical (unpaired) electrons. The molecule has 2 rings (SSSR count). The van der Waals surface area contributed by atoms with E-state index in [2.05, 4.69) is 15.9 Å². The van der Waals surface area contributed by atoms with Crippen LogP contribution in [0.2, 0.25) is 5.02 Å².